The van der Waals surface area contributed by atoms with Crippen molar-refractivity contribution in [3.8, 4) is 22.3 Å². The zero-order chi connectivity index (χ0) is 39.1. The van der Waals surface area contributed by atoms with Crippen molar-refractivity contribution in [2.75, 3.05) is 14.2 Å². The van der Waals surface area contributed by atoms with E-state index in [0.717, 1.165) is 43.2 Å². The molecule has 4 aromatic heterocycles. The fourth-order valence-corrected chi connectivity index (χ4v) is 5.30. The Morgan fingerprint density at radius 1 is 0.660 bits per heavy atom. The lowest BCUT2D eigenvalue weighted by Gasteiger charge is -2.08. The van der Waals surface area contributed by atoms with E-state index in [9.17, 15) is 35.9 Å². The van der Waals surface area contributed by atoms with Gasteiger partial charge in [0, 0.05) is 24.5 Å². The van der Waals surface area contributed by atoms with Crippen molar-refractivity contribution >= 4 is 45.0 Å². The summed E-state index contributed by atoms with van der Waals surface area (Å²) >= 11 is 3.07. The van der Waals surface area contributed by atoms with E-state index in [1.165, 1.54) is 32.7 Å². The Labute approximate surface area is 308 Å². The lowest BCUT2D eigenvalue weighted by atomic mass is 10.1. The van der Waals surface area contributed by atoms with E-state index in [0.29, 0.717) is 16.6 Å². The lowest BCUT2D eigenvalue weighted by molar-refractivity contribution is -0.146. The summed E-state index contributed by atoms with van der Waals surface area (Å²) in [5, 5.41) is 0. The maximum atomic E-state index is 13.4. The van der Waals surface area contributed by atoms with Gasteiger partial charge in [-0.05, 0) is 70.2 Å². The molecule has 0 spiro atoms. The molecule has 8 nitrogen and oxygen atoms in total. The second-order valence-corrected chi connectivity index (χ2v) is 12.0. The topological polar surface area (TPSA) is 87.2 Å². The third-order valence-corrected chi connectivity index (χ3v) is 8.06. The SMILES string of the molecule is C=CC(=O)OC.COC(=O)/C=C/c1nc(C(F)(F)F)n2cc(-c3ccc(C)cc3)ccc12.Cc1ccc(-c2ccc3c(Br)nc(C(F)(F)F)n3c2)cc1. The highest BCUT2D eigenvalue weighted by molar-refractivity contribution is 9.10. The van der Waals surface area contributed by atoms with Crippen molar-refractivity contribution in [2.45, 2.75) is 26.2 Å². The summed E-state index contributed by atoms with van der Waals surface area (Å²) in [7, 11) is 2.50. The predicted molar refractivity (Wildman–Crippen MR) is 192 cm³/mol. The Morgan fingerprint density at radius 2 is 1.08 bits per heavy atom. The highest BCUT2D eigenvalue weighted by Gasteiger charge is 2.38. The van der Waals surface area contributed by atoms with E-state index in [2.05, 4.69) is 42.0 Å². The van der Waals surface area contributed by atoms with Gasteiger partial charge in [-0.15, -0.1) is 0 Å². The number of aryl methyl sites for hydroxylation is 2. The number of hydrogen-bond acceptors (Lipinski definition) is 6. The number of aromatic nitrogens is 4. The van der Waals surface area contributed by atoms with Crippen LogP contribution in [-0.4, -0.2) is 44.9 Å². The Kier molecular flexibility index (Phi) is 12.7. The highest BCUT2D eigenvalue weighted by atomic mass is 79.9. The van der Waals surface area contributed by atoms with Gasteiger partial charge in [0.15, 0.2) is 0 Å². The van der Waals surface area contributed by atoms with Crippen molar-refractivity contribution < 1.29 is 45.4 Å². The average molecular weight is 802 g/mol. The smallest absolute Gasteiger partial charge is 0.450 e. The van der Waals surface area contributed by atoms with Crippen LogP contribution in [0.2, 0.25) is 0 Å². The van der Waals surface area contributed by atoms with Gasteiger partial charge in [0.05, 0.1) is 30.9 Å². The van der Waals surface area contributed by atoms with E-state index < -0.39 is 35.9 Å². The third-order valence-electron chi connectivity index (χ3n) is 7.48. The van der Waals surface area contributed by atoms with Crippen molar-refractivity contribution in [1.82, 2.24) is 18.8 Å². The van der Waals surface area contributed by atoms with Gasteiger partial charge in [-0.1, -0.05) is 78.4 Å². The summed E-state index contributed by atoms with van der Waals surface area (Å²) < 4.78 is 90.0. The summed E-state index contributed by atoms with van der Waals surface area (Å²) in [5.74, 6) is -3.05. The van der Waals surface area contributed by atoms with Gasteiger partial charge in [-0.3, -0.25) is 8.80 Å². The monoisotopic (exact) mass is 800 g/mol. The standard InChI is InChI=1S/C19H15F3N2O2.C15H10BrF3N2.C4H6O2/c1-12-3-5-13(6-4-12)14-7-9-16-15(8-10-17(25)26-2)23-18(19(20,21)22)24(16)11-14;1-9-2-4-10(5-3-9)11-6-7-12-13(16)20-14(15(17,18)19)21(12)8-11;1-3-4(5)6-2/h3-11H,1-2H3;2-8H,1H3;3H,1H2,2H3/b10-8+;;. The molecule has 0 saturated heterocycles. The molecule has 0 aliphatic carbocycles. The number of imidazole rings is 2. The molecule has 6 rings (SSSR count). The zero-order valence-electron chi connectivity index (χ0n) is 28.6. The quantitative estimate of drug-likeness (QED) is 0.0981. The molecule has 0 radical (unpaired) electrons. The summed E-state index contributed by atoms with van der Waals surface area (Å²) in [5.41, 5.74) is 5.82. The van der Waals surface area contributed by atoms with Crippen LogP contribution in [0.4, 0.5) is 26.3 Å². The van der Waals surface area contributed by atoms with Crippen LogP contribution < -0.4 is 0 Å². The van der Waals surface area contributed by atoms with Crippen molar-refractivity contribution in [2.24, 2.45) is 0 Å². The van der Waals surface area contributed by atoms with Crippen LogP contribution in [0, 0.1) is 13.8 Å². The number of hydrogen-bond donors (Lipinski definition) is 0. The van der Waals surface area contributed by atoms with Gasteiger partial charge in [-0.25, -0.2) is 19.6 Å². The molecule has 0 amide bonds. The van der Waals surface area contributed by atoms with Gasteiger partial charge >= 0.3 is 24.3 Å². The molecular formula is C38H31BrF6N4O4. The first-order valence-electron chi connectivity index (χ1n) is 15.4. The molecule has 0 aliphatic rings. The van der Waals surface area contributed by atoms with Gasteiger partial charge in [-0.2, -0.15) is 26.3 Å². The first kappa shape index (κ1) is 40.1. The molecule has 0 N–H and O–H groups in total. The molecule has 53 heavy (non-hydrogen) atoms. The van der Waals surface area contributed by atoms with Crippen LogP contribution in [0.5, 0.6) is 0 Å². The maximum Gasteiger partial charge on any atom is 0.450 e. The maximum absolute atomic E-state index is 13.4. The summed E-state index contributed by atoms with van der Waals surface area (Å²) in [6.07, 6.45) is -2.92. The van der Waals surface area contributed by atoms with Gasteiger partial charge in [0.1, 0.15) is 4.60 Å². The average Bonchev–Trinajstić information content (AvgIpc) is 3.68. The number of halogens is 7. The second-order valence-electron chi connectivity index (χ2n) is 11.2. The number of methoxy groups -OCH3 is 2. The Hall–Kier alpha value is -5.70. The molecule has 4 heterocycles. The minimum Gasteiger partial charge on any atom is -0.466 e. The number of rotatable bonds is 5. The molecular weight excluding hydrogens is 770 g/mol. The molecule has 0 atom stereocenters. The molecule has 0 aliphatic heterocycles. The highest BCUT2D eigenvalue weighted by Crippen LogP contribution is 2.34. The number of ether oxygens (including phenoxy) is 2. The minimum atomic E-state index is -4.63. The normalized spacial score (nSPS) is 11.5. The lowest BCUT2D eigenvalue weighted by Crippen LogP contribution is -2.10. The van der Waals surface area contributed by atoms with E-state index in [-0.39, 0.29) is 15.8 Å². The van der Waals surface area contributed by atoms with Crippen LogP contribution in [0.25, 0.3) is 39.4 Å². The first-order chi connectivity index (χ1) is 25.0. The van der Waals surface area contributed by atoms with Crippen LogP contribution in [-0.2, 0) is 31.4 Å². The largest absolute Gasteiger partial charge is 0.466 e. The van der Waals surface area contributed by atoms with E-state index in [1.54, 1.807) is 24.3 Å². The van der Waals surface area contributed by atoms with Crippen molar-refractivity contribution in [1.29, 1.82) is 0 Å². The van der Waals surface area contributed by atoms with E-state index >= 15 is 0 Å². The Morgan fingerprint density at radius 3 is 1.49 bits per heavy atom. The Bertz CT molecular complexity index is 2270. The fraction of sp³-hybridized carbons (Fsp3) is 0.158. The van der Waals surface area contributed by atoms with Crippen LogP contribution in [0.3, 0.4) is 0 Å². The molecule has 276 valence electrons. The molecule has 0 saturated carbocycles. The molecule has 0 fully saturated rings. The van der Waals surface area contributed by atoms with Crippen LogP contribution in [0.15, 0.2) is 109 Å². The van der Waals surface area contributed by atoms with E-state index in [4.69, 9.17) is 0 Å². The Balaban J connectivity index is 0.000000209. The molecule has 0 unspecified atom stereocenters. The zero-order valence-corrected chi connectivity index (χ0v) is 30.2. The van der Waals surface area contributed by atoms with Crippen LogP contribution in [0.1, 0.15) is 28.5 Å². The first-order valence-corrected chi connectivity index (χ1v) is 16.2. The predicted octanol–water partition coefficient (Wildman–Crippen LogP) is 9.95. The number of carbonyl (C=O) groups excluding carboxylic acids is 2. The fourth-order valence-electron chi connectivity index (χ4n) is 4.81. The summed E-state index contributed by atoms with van der Waals surface area (Å²) in [4.78, 5) is 28.3. The number of benzene rings is 2. The van der Waals surface area contributed by atoms with Crippen LogP contribution >= 0.6 is 15.9 Å². The summed E-state index contributed by atoms with van der Waals surface area (Å²) in [6, 6.07) is 21.8. The molecule has 6 aromatic rings. The number of fused-ring (bicyclic) bond motifs is 2. The third kappa shape index (κ3) is 10.0. The molecule has 2 aromatic carbocycles. The van der Waals surface area contributed by atoms with Crippen molar-refractivity contribution in [3.63, 3.8) is 0 Å². The summed E-state index contributed by atoms with van der Waals surface area (Å²) in [6.45, 7) is 7.05. The number of alkyl halides is 6. The number of carbonyl (C=O) groups is 2. The van der Waals surface area contributed by atoms with Gasteiger partial charge in [0.2, 0.25) is 11.6 Å². The van der Waals surface area contributed by atoms with Gasteiger partial charge < -0.3 is 9.47 Å². The van der Waals surface area contributed by atoms with Gasteiger partial charge in [0.25, 0.3) is 0 Å². The van der Waals surface area contributed by atoms with E-state index in [1.807, 2.05) is 62.4 Å². The number of nitrogens with zero attached hydrogens (tertiary/aromatic N) is 4. The molecule has 15 heteroatoms. The molecule has 0 bridgehead atoms. The number of pyridine rings is 2. The second kappa shape index (κ2) is 16.8. The number of esters is 2. The minimum absolute atomic E-state index is 0.0400. The van der Waals surface area contributed by atoms with Crippen molar-refractivity contribution in [3.05, 3.63) is 137 Å².